The van der Waals surface area contributed by atoms with Gasteiger partial charge >= 0.3 is 23.5 Å². The number of alkyl halides is 9. The van der Waals surface area contributed by atoms with Crippen molar-refractivity contribution < 1.29 is 44.6 Å². The summed E-state index contributed by atoms with van der Waals surface area (Å²) in [4.78, 5) is -4.73. The van der Waals surface area contributed by atoms with Gasteiger partial charge in [0.15, 0.2) is 0 Å². The second kappa shape index (κ2) is 5.85. The fraction of sp³-hybridized carbons (Fsp3) is 0.400. The first kappa shape index (κ1) is 17.8. The highest BCUT2D eigenvalue weighted by molar-refractivity contribution is 9.10. The highest BCUT2D eigenvalue weighted by atomic mass is 79.9. The van der Waals surface area contributed by atoms with Gasteiger partial charge in [0.1, 0.15) is 11.5 Å². The maximum atomic E-state index is 12.9. The van der Waals surface area contributed by atoms with Crippen molar-refractivity contribution in [2.45, 2.75) is 23.5 Å². The number of ether oxygens (including phenoxy) is 2. The molecule has 21 heavy (non-hydrogen) atoms. The molecule has 0 atom stereocenters. The Kier molecular flexibility index (Phi) is 4.96. The van der Waals surface area contributed by atoms with Gasteiger partial charge in [0.25, 0.3) is 0 Å². The molecule has 0 saturated carbocycles. The van der Waals surface area contributed by atoms with Crippen LogP contribution in [-0.4, -0.2) is 23.5 Å². The fourth-order valence-corrected chi connectivity index (χ4v) is 1.09. The largest absolute Gasteiger partial charge is 0.475 e. The highest BCUT2D eigenvalue weighted by Gasteiger charge is 2.57. The van der Waals surface area contributed by atoms with Crippen molar-refractivity contribution in [3.8, 4) is 11.5 Å². The van der Waals surface area contributed by atoms with Crippen molar-refractivity contribution in [2.75, 3.05) is 0 Å². The Hall–Kier alpha value is -1.26. The number of benzene rings is 1. The zero-order valence-electron chi connectivity index (χ0n) is 9.60. The Morgan fingerprint density at radius 1 is 0.905 bits per heavy atom. The molecule has 2 nitrogen and oxygen atoms in total. The lowest BCUT2D eigenvalue weighted by molar-refractivity contribution is -0.266. The smallest absolute Gasteiger partial charge is 0.428 e. The molecule has 0 spiro atoms. The van der Waals surface area contributed by atoms with Gasteiger partial charge < -0.3 is 9.47 Å². The van der Waals surface area contributed by atoms with E-state index in [9.17, 15) is 35.1 Å². The van der Waals surface area contributed by atoms with Crippen LogP contribution < -0.4 is 9.47 Å². The normalized spacial score (nSPS) is 13.4. The standard InChI is InChI=1S/C10H5BrF8O2/c11-9(16,17)10(18,19)21-6-3-1-2-5(4-6)20-8(14,15)7(12)13/h1-4,7H. The van der Waals surface area contributed by atoms with E-state index >= 15 is 0 Å². The van der Waals surface area contributed by atoms with Crippen molar-refractivity contribution in [3.63, 3.8) is 0 Å². The average Bonchev–Trinajstić information content (AvgIpc) is 2.26. The van der Waals surface area contributed by atoms with Crippen LogP contribution >= 0.6 is 15.9 Å². The molecule has 1 rings (SSSR count). The molecular weight excluding hydrogens is 384 g/mol. The first-order valence-electron chi connectivity index (χ1n) is 4.94. The summed E-state index contributed by atoms with van der Waals surface area (Å²) in [7, 11) is 0. The molecule has 0 bridgehead atoms. The van der Waals surface area contributed by atoms with E-state index in [1.165, 1.54) is 15.9 Å². The molecule has 0 aliphatic rings. The van der Waals surface area contributed by atoms with Crippen molar-refractivity contribution >= 4 is 15.9 Å². The highest BCUT2D eigenvalue weighted by Crippen LogP contribution is 2.41. The van der Waals surface area contributed by atoms with Crippen LogP contribution in [0.2, 0.25) is 0 Å². The first-order chi connectivity index (χ1) is 9.35. The predicted octanol–water partition coefficient (Wildman–Crippen LogP) is 4.88. The summed E-state index contributed by atoms with van der Waals surface area (Å²) in [6, 6.07) is 2.60. The number of halogens is 9. The van der Waals surface area contributed by atoms with Gasteiger partial charge in [-0.1, -0.05) is 6.07 Å². The molecule has 0 aliphatic carbocycles. The van der Waals surface area contributed by atoms with Crippen LogP contribution in [0.25, 0.3) is 0 Å². The molecule has 0 fully saturated rings. The van der Waals surface area contributed by atoms with E-state index in [0.717, 1.165) is 18.2 Å². The van der Waals surface area contributed by atoms with Crippen LogP contribution in [0.1, 0.15) is 0 Å². The minimum atomic E-state index is -5.00. The lowest BCUT2D eigenvalue weighted by Gasteiger charge is -2.22. The molecule has 0 N–H and O–H groups in total. The minimum Gasteiger partial charge on any atom is -0.428 e. The fourth-order valence-electron chi connectivity index (χ4n) is 1.01. The van der Waals surface area contributed by atoms with Crippen LogP contribution in [-0.2, 0) is 0 Å². The summed E-state index contributed by atoms with van der Waals surface area (Å²) in [5.41, 5.74) is 0. The molecule has 0 heterocycles. The quantitative estimate of drug-likeness (QED) is 0.510. The molecule has 1 aromatic rings. The average molecular weight is 389 g/mol. The Labute approximate surface area is 120 Å². The lowest BCUT2D eigenvalue weighted by atomic mass is 10.3. The zero-order chi connectivity index (χ0) is 16.5. The van der Waals surface area contributed by atoms with Gasteiger partial charge in [0, 0.05) is 22.0 Å². The Morgan fingerprint density at radius 2 is 1.38 bits per heavy atom. The molecule has 0 saturated heterocycles. The van der Waals surface area contributed by atoms with Crippen LogP contribution in [0.3, 0.4) is 0 Å². The molecule has 0 unspecified atom stereocenters. The number of hydrogen-bond acceptors (Lipinski definition) is 2. The Balaban J connectivity index is 2.92. The Bertz CT molecular complexity index is 488. The summed E-state index contributed by atoms with van der Waals surface area (Å²) in [6.45, 7) is 0. The maximum absolute atomic E-state index is 12.9. The predicted molar refractivity (Wildman–Crippen MR) is 57.5 cm³/mol. The van der Waals surface area contributed by atoms with Crippen molar-refractivity contribution in [2.24, 2.45) is 0 Å². The second-order valence-corrected chi connectivity index (χ2v) is 4.55. The van der Waals surface area contributed by atoms with Crippen LogP contribution in [0, 0.1) is 0 Å². The van der Waals surface area contributed by atoms with Gasteiger partial charge in [-0.2, -0.15) is 35.1 Å². The SMILES string of the molecule is FC(F)C(F)(F)Oc1cccc(OC(F)(F)C(F)(F)Br)c1. The minimum absolute atomic E-state index is 0.336. The molecule has 120 valence electrons. The molecular formula is C10H5BrF8O2. The summed E-state index contributed by atoms with van der Waals surface area (Å²) >= 11 is 1.39. The third-order valence-electron chi connectivity index (χ3n) is 1.89. The third-order valence-corrected chi connectivity index (χ3v) is 2.35. The van der Waals surface area contributed by atoms with E-state index in [1.807, 2.05) is 0 Å². The van der Waals surface area contributed by atoms with Crippen LogP contribution in [0.5, 0.6) is 11.5 Å². The topological polar surface area (TPSA) is 18.5 Å². The number of rotatable bonds is 6. The molecule has 11 heteroatoms. The van der Waals surface area contributed by atoms with E-state index in [1.54, 1.807) is 0 Å². The van der Waals surface area contributed by atoms with Gasteiger partial charge in [-0.3, -0.25) is 0 Å². The zero-order valence-corrected chi connectivity index (χ0v) is 11.2. The maximum Gasteiger partial charge on any atom is 0.475 e. The molecule has 0 aliphatic heterocycles. The van der Waals surface area contributed by atoms with Gasteiger partial charge in [-0.15, -0.1) is 0 Å². The third kappa shape index (κ3) is 4.61. The van der Waals surface area contributed by atoms with E-state index in [0.29, 0.717) is 6.07 Å². The van der Waals surface area contributed by atoms with Crippen molar-refractivity contribution in [1.29, 1.82) is 0 Å². The summed E-state index contributed by atoms with van der Waals surface area (Å²) < 4.78 is 107. The number of hydrogen-bond donors (Lipinski definition) is 0. The Morgan fingerprint density at radius 3 is 1.81 bits per heavy atom. The van der Waals surface area contributed by atoms with Crippen LogP contribution in [0.15, 0.2) is 24.3 Å². The second-order valence-electron chi connectivity index (χ2n) is 3.56. The summed E-state index contributed by atoms with van der Waals surface area (Å²) in [5.74, 6) is -1.95. The summed E-state index contributed by atoms with van der Waals surface area (Å²) in [6.07, 6.45) is -14.0. The molecule has 0 amide bonds. The monoisotopic (exact) mass is 388 g/mol. The van der Waals surface area contributed by atoms with Gasteiger partial charge in [0.2, 0.25) is 0 Å². The molecule has 0 aromatic heterocycles. The van der Waals surface area contributed by atoms with Crippen LogP contribution in [0.4, 0.5) is 35.1 Å². The first-order valence-corrected chi connectivity index (χ1v) is 5.73. The van der Waals surface area contributed by atoms with E-state index in [2.05, 4.69) is 9.47 Å². The molecule has 1 aromatic carbocycles. The van der Waals surface area contributed by atoms with Gasteiger partial charge in [-0.25, -0.2) is 0 Å². The van der Waals surface area contributed by atoms with Crippen molar-refractivity contribution in [3.05, 3.63) is 24.3 Å². The summed E-state index contributed by atoms with van der Waals surface area (Å²) in [5, 5.41) is 0. The lowest BCUT2D eigenvalue weighted by Crippen LogP contribution is -2.40. The van der Waals surface area contributed by atoms with E-state index < -0.39 is 35.0 Å². The van der Waals surface area contributed by atoms with E-state index in [4.69, 9.17) is 0 Å². The molecule has 0 radical (unpaired) electrons. The van der Waals surface area contributed by atoms with Gasteiger partial charge in [-0.05, 0) is 12.1 Å². The van der Waals surface area contributed by atoms with Crippen molar-refractivity contribution in [1.82, 2.24) is 0 Å². The van der Waals surface area contributed by atoms with E-state index in [-0.39, 0.29) is 0 Å². The van der Waals surface area contributed by atoms with Gasteiger partial charge in [0.05, 0.1) is 0 Å².